The molecular formula is C10H13ClN2O. The number of fused-ring (bicyclic) bond motifs is 1. The van der Waals surface area contributed by atoms with Gasteiger partial charge in [-0.05, 0) is 26.2 Å². The molecule has 0 aromatic carbocycles. The molecule has 0 aliphatic heterocycles. The quantitative estimate of drug-likeness (QED) is 0.721. The average Bonchev–Trinajstić information content (AvgIpc) is 2.63. The molecule has 0 radical (unpaired) electrons. The molecule has 1 aromatic rings. The first-order valence-corrected chi connectivity index (χ1v) is 5.31. The van der Waals surface area contributed by atoms with Crippen molar-refractivity contribution < 1.29 is 4.74 Å². The molecule has 0 unspecified atom stereocenters. The largest absolute Gasteiger partial charge is 0.374 e. The van der Waals surface area contributed by atoms with Crippen molar-refractivity contribution in [1.29, 1.82) is 0 Å². The van der Waals surface area contributed by atoms with E-state index in [9.17, 15) is 0 Å². The maximum atomic E-state index is 6.05. The Kier molecular flexibility index (Phi) is 2.99. The van der Waals surface area contributed by atoms with Crippen molar-refractivity contribution in [1.82, 2.24) is 9.97 Å². The van der Waals surface area contributed by atoms with E-state index in [0.717, 1.165) is 30.5 Å². The minimum Gasteiger partial charge on any atom is -0.374 e. The van der Waals surface area contributed by atoms with Crippen molar-refractivity contribution in [2.75, 3.05) is 6.61 Å². The standard InChI is InChI=1S/C10H13ClN2O/c1-2-14-6-9-12-8-5-3-4-7(8)10(11)13-9/h2-6H2,1H3. The van der Waals surface area contributed by atoms with Crippen LogP contribution in [0.3, 0.4) is 0 Å². The second kappa shape index (κ2) is 4.24. The summed E-state index contributed by atoms with van der Waals surface area (Å²) < 4.78 is 5.25. The maximum Gasteiger partial charge on any atom is 0.155 e. The smallest absolute Gasteiger partial charge is 0.155 e. The first-order valence-electron chi connectivity index (χ1n) is 4.93. The van der Waals surface area contributed by atoms with Crippen LogP contribution in [0.5, 0.6) is 0 Å². The predicted octanol–water partition coefficient (Wildman–Crippen LogP) is 2.16. The number of rotatable bonds is 3. The van der Waals surface area contributed by atoms with Crippen LogP contribution in [0.15, 0.2) is 0 Å². The summed E-state index contributed by atoms with van der Waals surface area (Å²) >= 11 is 6.05. The van der Waals surface area contributed by atoms with E-state index >= 15 is 0 Å². The Labute approximate surface area is 88.5 Å². The van der Waals surface area contributed by atoms with Gasteiger partial charge in [0.2, 0.25) is 0 Å². The van der Waals surface area contributed by atoms with Crippen molar-refractivity contribution in [3.63, 3.8) is 0 Å². The lowest BCUT2D eigenvalue weighted by atomic mass is 10.3. The van der Waals surface area contributed by atoms with Crippen LogP contribution >= 0.6 is 11.6 Å². The Balaban J connectivity index is 2.23. The summed E-state index contributed by atoms with van der Waals surface area (Å²) in [5.74, 6) is 0.706. The first-order chi connectivity index (χ1) is 6.81. The van der Waals surface area contributed by atoms with Crippen LogP contribution in [-0.4, -0.2) is 16.6 Å². The number of aryl methyl sites for hydroxylation is 1. The second-order valence-corrected chi connectivity index (χ2v) is 3.70. The molecule has 0 saturated carbocycles. The van der Waals surface area contributed by atoms with E-state index in [1.165, 1.54) is 0 Å². The van der Waals surface area contributed by atoms with Gasteiger partial charge in [0.25, 0.3) is 0 Å². The molecular weight excluding hydrogens is 200 g/mol. The molecule has 0 atom stereocenters. The first kappa shape index (κ1) is 9.87. The van der Waals surface area contributed by atoms with Gasteiger partial charge >= 0.3 is 0 Å². The molecule has 0 saturated heterocycles. The summed E-state index contributed by atoms with van der Waals surface area (Å²) in [7, 11) is 0. The molecule has 0 N–H and O–H groups in total. The molecule has 14 heavy (non-hydrogen) atoms. The fraction of sp³-hybridized carbons (Fsp3) is 0.600. The molecule has 1 aromatic heterocycles. The summed E-state index contributed by atoms with van der Waals surface area (Å²) in [5, 5.41) is 0.613. The predicted molar refractivity (Wildman–Crippen MR) is 54.4 cm³/mol. The molecule has 2 rings (SSSR count). The summed E-state index contributed by atoms with van der Waals surface area (Å²) in [4.78, 5) is 8.64. The highest BCUT2D eigenvalue weighted by molar-refractivity contribution is 6.30. The van der Waals surface area contributed by atoms with E-state index in [0.29, 0.717) is 24.2 Å². The average molecular weight is 213 g/mol. The van der Waals surface area contributed by atoms with Crippen LogP contribution in [0.2, 0.25) is 5.15 Å². The van der Waals surface area contributed by atoms with Gasteiger partial charge in [-0.1, -0.05) is 11.6 Å². The van der Waals surface area contributed by atoms with Crippen LogP contribution in [0.4, 0.5) is 0 Å². The Morgan fingerprint density at radius 2 is 2.21 bits per heavy atom. The molecule has 0 bridgehead atoms. The second-order valence-electron chi connectivity index (χ2n) is 3.35. The highest BCUT2D eigenvalue weighted by Gasteiger charge is 2.17. The van der Waals surface area contributed by atoms with Crippen molar-refractivity contribution >= 4 is 11.6 Å². The summed E-state index contributed by atoms with van der Waals surface area (Å²) in [6.07, 6.45) is 3.18. The summed E-state index contributed by atoms with van der Waals surface area (Å²) in [6, 6.07) is 0. The molecule has 1 aliphatic rings. The van der Waals surface area contributed by atoms with Gasteiger partial charge in [0.15, 0.2) is 5.82 Å². The van der Waals surface area contributed by atoms with E-state index in [2.05, 4.69) is 9.97 Å². The van der Waals surface area contributed by atoms with Gasteiger partial charge in [-0.25, -0.2) is 9.97 Å². The third-order valence-electron chi connectivity index (χ3n) is 2.36. The van der Waals surface area contributed by atoms with Gasteiger partial charge in [-0.2, -0.15) is 0 Å². The Morgan fingerprint density at radius 3 is 3.00 bits per heavy atom. The van der Waals surface area contributed by atoms with E-state index in [-0.39, 0.29) is 0 Å². The molecule has 4 heteroatoms. The lowest BCUT2D eigenvalue weighted by Crippen LogP contribution is -2.03. The summed E-state index contributed by atoms with van der Waals surface area (Å²) in [5.41, 5.74) is 2.24. The normalized spacial score (nSPS) is 14.4. The van der Waals surface area contributed by atoms with Gasteiger partial charge in [-0.15, -0.1) is 0 Å². The minimum absolute atomic E-state index is 0.462. The number of hydrogen-bond acceptors (Lipinski definition) is 3. The van der Waals surface area contributed by atoms with Crippen LogP contribution in [0, 0.1) is 0 Å². The zero-order valence-corrected chi connectivity index (χ0v) is 8.97. The topological polar surface area (TPSA) is 35.0 Å². The molecule has 1 heterocycles. The fourth-order valence-corrected chi connectivity index (χ4v) is 1.99. The van der Waals surface area contributed by atoms with Crippen LogP contribution in [-0.2, 0) is 24.2 Å². The molecule has 0 fully saturated rings. The van der Waals surface area contributed by atoms with Crippen molar-refractivity contribution in [3.8, 4) is 0 Å². The minimum atomic E-state index is 0.462. The Hall–Kier alpha value is -0.670. The number of ether oxygens (including phenoxy) is 1. The summed E-state index contributed by atoms with van der Waals surface area (Å²) in [6.45, 7) is 3.09. The Morgan fingerprint density at radius 1 is 1.36 bits per heavy atom. The SMILES string of the molecule is CCOCc1nc(Cl)c2c(n1)CCC2. The number of nitrogens with zero attached hydrogens (tertiary/aromatic N) is 2. The highest BCUT2D eigenvalue weighted by atomic mass is 35.5. The van der Waals surface area contributed by atoms with Gasteiger partial charge in [-0.3, -0.25) is 0 Å². The van der Waals surface area contributed by atoms with E-state index < -0.39 is 0 Å². The monoisotopic (exact) mass is 212 g/mol. The van der Waals surface area contributed by atoms with Crippen molar-refractivity contribution in [2.45, 2.75) is 32.8 Å². The van der Waals surface area contributed by atoms with Gasteiger partial charge in [0.05, 0.1) is 0 Å². The zero-order chi connectivity index (χ0) is 9.97. The number of halogens is 1. The van der Waals surface area contributed by atoms with E-state index in [4.69, 9.17) is 16.3 Å². The van der Waals surface area contributed by atoms with Gasteiger partial charge in [0, 0.05) is 17.9 Å². The molecule has 1 aliphatic carbocycles. The lowest BCUT2D eigenvalue weighted by molar-refractivity contribution is 0.128. The van der Waals surface area contributed by atoms with Gasteiger partial charge < -0.3 is 4.74 Å². The van der Waals surface area contributed by atoms with Crippen LogP contribution < -0.4 is 0 Å². The fourth-order valence-electron chi connectivity index (χ4n) is 1.69. The molecule has 0 amide bonds. The number of aromatic nitrogens is 2. The third-order valence-corrected chi connectivity index (χ3v) is 2.68. The molecule has 3 nitrogen and oxygen atoms in total. The molecule has 76 valence electrons. The van der Waals surface area contributed by atoms with Crippen LogP contribution in [0.25, 0.3) is 0 Å². The van der Waals surface area contributed by atoms with E-state index in [1.54, 1.807) is 0 Å². The molecule has 0 spiro atoms. The van der Waals surface area contributed by atoms with Gasteiger partial charge in [0.1, 0.15) is 11.8 Å². The lowest BCUT2D eigenvalue weighted by Gasteiger charge is -2.05. The Bertz CT molecular complexity index is 341. The highest BCUT2D eigenvalue weighted by Crippen LogP contribution is 2.25. The zero-order valence-electron chi connectivity index (χ0n) is 8.22. The maximum absolute atomic E-state index is 6.05. The third kappa shape index (κ3) is 1.88. The van der Waals surface area contributed by atoms with Crippen molar-refractivity contribution in [3.05, 3.63) is 22.2 Å². The van der Waals surface area contributed by atoms with Crippen molar-refractivity contribution in [2.24, 2.45) is 0 Å². The van der Waals surface area contributed by atoms with E-state index in [1.807, 2.05) is 6.92 Å². The number of hydrogen-bond donors (Lipinski definition) is 0. The van der Waals surface area contributed by atoms with Crippen LogP contribution in [0.1, 0.15) is 30.4 Å².